The SMILES string of the molecule is Cc1cc(C(=O)N=C(N)c2ccc(C(=O)O)c(F)c2)ccc1N1CCCCC1. The molecule has 3 rings (SSSR count). The van der Waals surface area contributed by atoms with Crippen molar-refractivity contribution < 1.29 is 19.1 Å². The third kappa shape index (κ3) is 4.19. The molecule has 0 aromatic heterocycles. The lowest BCUT2D eigenvalue weighted by Gasteiger charge is -2.30. The van der Waals surface area contributed by atoms with Gasteiger partial charge in [0.05, 0.1) is 5.56 Å². The van der Waals surface area contributed by atoms with Crippen LogP contribution in [0.25, 0.3) is 0 Å². The summed E-state index contributed by atoms with van der Waals surface area (Å²) in [5, 5.41) is 8.87. The molecule has 1 aliphatic rings. The highest BCUT2D eigenvalue weighted by atomic mass is 19.1. The molecule has 1 saturated heterocycles. The van der Waals surface area contributed by atoms with Gasteiger partial charge in [0.25, 0.3) is 5.91 Å². The van der Waals surface area contributed by atoms with Crippen LogP contribution in [0.2, 0.25) is 0 Å². The summed E-state index contributed by atoms with van der Waals surface area (Å²) in [6, 6.07) is 8.78. The molecule has 6 nitrogen and oxygen atoms in total. The molecule has 2 aromatic rings. The second-order valence-electron chi connectivity index (χ2n) is 6.85. The third-order valence-corrected chi connectivity index (χ3v) is 4.86. The van der Waals surface area contributed by atoms with Crippen LogP contribution in [-0.2, 0) is 0 Å². The number of carboxylic acids is 1. The van der Waals surface area contributed by atoms with Crippen molar-refractivity contribution in [3.63, 3.8) is 0 Å². The molecule has 3 N–H and O–H groups in total. The zero-order chi connectivity index (χ0) is 20.3. The van der Waals surface area contributed by atoms with Crippen LogP contribution < -0.4 is 10.6 Å². The van der Waals surface area contributed by atoms with E-state index in [9.17, 15) is 14.0 Å². The van der Waals surface area contributed by atoms with Crippen molar-refractivity contribution in [3.05, 3.63) is 64.5 Å². The number of carbonyl (C=O) groups is 2. The molecule has 0 atom stereocenters. The Balaban J connectivity index is 1.80. The number of aliphatic imine (C=N–C) groups is 1. The highest BCUT2D eigenvalue weighted by molar-refractivity contribution is 6.09. The van der Waals surface area contributed by atoms with E-state index in [1.165, 1.54) is 12.5 Å². The molecule has 0 saturated carbocycles. The summed E-state index contributed by atoms with van der Waals surface area (Å²) in [5.74, 6) is -3.01. The highest BCUT2D eigenvalue weighted by Gasteiger charge is 2.16. The molecule has 2 aromatic carbocycles. The first kappa shape index (κ1) is 19.5. The molecular formula is C21H22FN3O3. The van der Waals surface area contributed by atoms with Crippen molar-refractivity contribution in [2.75, 3.05) is 18.0 Å². The molecule has 0 radical (unpaired) electrons. The van der Waals surface area contributed by atoms with Crippen LogP contribution in [0, 0.1) is 12.7 Å². The van der Waals surface area contributed by atoms with E-state index in [1.54, 1.807) is 12.1 Å². The van der Waals surface area contributed by atoms with Crippen LogP contribution >= 0.6 is 0 Å². The van der Waals surface area contributed by atoms with E-state index in [-0.39, 0.29) is 11.4 Å². The van der Waals surface area contributed by atoms with Gasteiger partial charge >= 0.3 is 5.97 Å². The molecule has 1 heterocycles. The Morgan fingerprint density at radius 2 is 1.75 bits per heavy atom. The summed E-state index contributed by atoms with van der Waals surface area (Å²) in [6.07, 6.45) is 3.57. The number of rotatable bonds is 4. The number of amidine groups is 1. The maximum absolute atomic E-state index is 13.8. The van der Waals surface area contributed by atoms with Crippen LogP contribution in [0.4, 0.5) is 10.1 Å². The summed E-state index contributed by atoms with van der Waals surface area (Å²) < 4.78 is 13.8. The number of benzene rings is 2. The first-order chi connectivity index (χ1) is 13.4. The largest absolute Gasteiger partial charge is 0.478 e. The number of hydrogen-bond acceptors (Lipinski definition) is 3. The fraction of sp³-hybridized carbons (Fsp3) is 0.286. The number of nitrogens with two attached hydrogens (primary N) is 1. The van der Waals surface area contributed by atoms with Gasteiger partial charge in [0.2, 0.25) is 0 Å². The molecule has 1 aliphatic heterocycles. The minimum absolute atomic E-state index is 0.150. The summed E-state index contributed by atoms with van der Waals surface area (Å²) in [6.45, 7) is 3.97. The average Bonchev–Trinajstić information content (AvgIpc) is 2.68. The van der Waals surface area contributed by atoms with E-state index in [0.29, 0.717) is 5.56 Å². The molecular weight excluding hydrogens is 361 g/mol. The Morgan fingerprint density at radius 1 is 1.07 bits per heavy atom. The van der Waals surface area contributed by atoms with Gasteiger partial charge in [0, 0.05) is 29.9 Å². The van der Waals surface area contributed by atoms with Crippen LogP contribution in [-0.4, -0.2) is 35.9 Å². The minimum atomic E-state index is -1.38. The van der Waals surface area contributed by atoms with Crippen molar-refractivity contribution >= 4 is 23.4 Å². The monoisotopic (exact) mass is 383 g/mol. The minimum Gasteiger partial charge on any atom is -0.478 e. The van der Waals surface area contributed by atoms with Gasteiger partial charge in [-0.05, 0) is 62.1 Å². The molecule has 146 valence electrons. The lowest BCUT2D eigenvalue weighted by Crippen LogP contribution is -2.30. The van der Waals surface area contributed by atoms with Gasteiger partial charge in [-0.1, -0.05) is 6.07 Å². The van der Waals surface area contributed by atoms with Crippen molar-refractivity contribution in [2.45, 2.75) is 26.2 Å². The fourth-order valence-corrected chi connectivity index (χ4v) is 3.36. The summed E-state index contributed by atoms with van der Waals surface area (Å²) >= 11 is 0. The number of halogens is 1. The average molecular weight is 383 g/mol. The third-order valence-electron chi connectivity index (χ3n) is 4.86. The maximum Gasteiger partial charge on any atom is 0.338 e. The number of hydrogen-bond donors (Lipinski definition) is 2. The standard InChI is InChI=1S/C21H22FN3O3/c1-13-11-15(6-8-18(13)25-9-3-2-4-10-25)20(26)24-19(23)14-5-7-16(21(27)28)17(22)12-14/h5-8,11-12H,2-4,9-10H2,1H3,(H,27,28)(H2,23,24,26). The second-order valence-corrected chi connectivity index (χ2v) is 6.85. The van der Waals surface area contributed by atoms with Gasteiger partial charge in [0.15, 0.2) is 0 Å². The topological polar surface area (TPSA) is 96.0 Å². The van der Waals surface area contributed by atoms with E-state index < -0.39 is 23.3 Å². The van der Waals surface area contributed by atoms with Gasteiger partial charge in [-0.15, -0.1) is 0 Å². The lowest BCUT2D eigenvalue weighted by atomic mass is 10.0. The fourth-order valence-electron chi connectivity index (χ4n) is 3.36. The summed E-state index contributed by atoms with van der Waals surface area (Å²) in [7, 11) is 0. The molecule has 0 bridgehead atoms. The zero-order valence-electron chi connectivity index (χ0n) is 15.6. The van der Waals surface area contributed by atoms with E-state index in [1.807, 2.05) is 13.0 Å². The predicted octanol–water partition coefficient (Wildman–Crippen LogP) is 3.37. The van der Waals surface area contributed by atoms with Gasteiger partial charge in [-0.2, -0.15) is 4.99 Å². The van der Waals surface area contributed by atoms with Crippen LogP contribution in [0.5, 0.6) is 0 Å². The van der Waals surface area contributed by atoms with E-state index >= 15 is 0 Å². The zero-order valence-corrected chi connectivity index (χ0v) is 15.6. The first-order valence-corrected chi connectivity index (χ1v) is 9.14. The molecule has 1 amide bonds. The van der Waals surface area contributed by atoms with Gasteiger partial charge < -0.3 is 15.7 Å². The molecule has 0 spiro atoms. The molecule has 0 unspecified atom stereocenters. The van der Waals surface area contributed by atoms with E-state index in [2.05, 4.69) is 9.89 Å². The number of carboxylic acid groups (broad SMARTS) is 1. The Morgan fingerprint density at radius 3 is 2.36 bits per heavy atom. The summed E-state index contributed by atoms with van der Waals surface area (Å²) in [4.78, 5) is 29.5. The normalized spacial score (nSPS) is 14.8. The Bertz CT molecular complexity index is 950. The molecule has 0 aliphatic carbocycles. The Kier molecular flexibility index (Phi) is 5.73. The number of nitrogens with zero attached hydrogens (tertiary/aromatic N) is 2. The quantitative estimate of drug-likeness (QED) is 0.623. The molecule has 28 heavy (non-hydrogen) atoms. The number of piperidine rings is 1. The maximum atomic E-state index is 13.8. The first-order valence-electron chi connectivity index (χ1n) is 9.14. The van der Waals surface area contributed by atoms with Gasteiger partial charge in [-0.25, -0.2) is 9.18 Å². The lowest BCUT2D eigenvalue weighted by molar-refractivity contribution is 0.0691. The van der Waals surface area contributed by atoms with E-state index in [4.69, 9.17) is 10.8 Å². The number of carbonyl (C=O) groups excluding carboxylic acids is 1. The Hall–Kier alpha value is -3.22. The number of aryl methyl sites for hydroxylation is 1. The van der Waals surface area contributed by atoms with E-state index in [0.717, 1.165) is 49.3 Å². The molecule has 7 heteroatoms. The summed E-state index contributed by atoms with van der Waals surface area (Å²) in [5.41, 5.74) is 7.99. The van der Waals surface area contributed by atoms with Crippen molar-refractivity contribution in [2.24, 2.45) is 10.7 Å². The smallest absolute Gasteiger partial charge is 0.338 e. The highest BCUT2D eigenvalue weighted by Crippen LogP contribution is 2.25. The Labute approximate surface area is 162 Å². The van der Waals surface area contributed by atoms with Crippen molar-refractivity contribution in [1.29, 1.82) is 0 Å². The van der Waals surface area contributed by atoms with Crippen LogP contribution in [0.15, 0.2) is 41.4 Å². The second kappa shape index (κ2) is 8.21. The van der Waals surface area contributed by atoms with Crippen LogP contribution in [0.1, 0.15) is 51.1 Å². The van der Waals surface area contributed by atoms with Crippen molar-refractivity contribution in [3.8, 4) is 0 Å². The van der Waals surface area contributed by atoms with Crippen molar-refractivity contribution in [1.82, 2.24) is 0 Å². The van der Waals surface area contributed by atoms with Crippen LogP contribution in [0.3, 0.4) is 0 Å². The number of aromatic carboxylic acids is 1. The number of amides is 1. The predicted molar refractivity (Wildman–Crippen MR) is 106 cm³/mol. The molecule has 1 fully saturated rings. The number of anilines is 1. The van der Waals surface area contributed by atoms with Gasteiger partial charge in [-0.3, -0.25) is 4.79 Å². The van der Waals surface area contributed by atoms with Gasteiger partial charge in [0.1, 0.15) is 11.7 Å².